The van der Waals surface area contributed by atoms with Gasteiger partial charge in [0.05, 0.1) is 11.2 Å². The van der Waals surface area contributed by atoms with Crippen LogP contribution in [0.1, 0.15) is 62.3 Å². The standard InChI is InChI=1S/C8H17BO2.C7H7BO2.2C2H6/c1-6-9-10-7(2,3)8(4,5)11-9;1-8-9-6-4-2-3-5-7(6)10-8;2*1-2/h6H2,1-5H3;2-5H,1H3;2*1-2H3. The Hall–Kier alpha value is -1.13. The molecule has 0 aromatic heterocycles. The SMILES string of the molecule is CB1Oc2ccccc2O1.CC.CC.CCB1OC(C)(C)C(C)(C)O1. The molecule has 1 aromatic carbocycles. The summed E-state index contributed by atoms with van der Waals surface area (Å²) >= 11 is 0. The smallest absolute Gasteiger partial charge is 0.523 e. The van der Waals surface area contributed by atoms with E-state index in [0.29, 0.717) is 0 Å². The van der Waals surface area contributed by atoms with Gasteiger partial charge in [-0.1, -0.05) is 46.8 Å². The van der Waals surface area contributed by atoms with Gasteiger partial charge >= 0.3 is 14.2 Å². The van der Waals surface area contributed by atoms with Gasteiger partial charge in [0.1, 0.15) is 11.5 Å². The fourth-order valence-electron chi connectivity index (χ4n) is 2.16. The fourth-order valence-corrected chi connectivity index (χ4v) is 2.16. The molecular formula is C19H36B2O4. The predicted octanol–water partition coefficient (Wildman–Crippen LogP) is 5.73. The summed E-state index contributed by atoms with van der Waals surface area (Å²) < 4.78 is 22.0. The highest BCUT2D eigenvalue weighted by molar-refractivity contribution is 6.46. The van der Waals surface area contributed by atoms with E-state index < -0.39 is 0 Å². The van der Waals surface area contributed by atoms with Crippen LogP contribution in [-0.2, 0) is 9.31 Å². The maximum atomic E-state index is 5.69. The molecular weight excluding hydrogens is 314 g/mol. The summed E-state index contributed by atoms with van der Waals surface area (Å²) in [5.74, 6) is 1.69. The molecule has 0 N–H and O–H groups in total. The van der Waals surface area contributed by atoms with Crippen LogP contribution in [0.4, 0.5) is 0 Å². The van der Waals surface area contributed by atoms with Crippen molar-refractivity contribution in [3.05, 3.63) is 24.3 Å². The molecule has 1 fully saturated rings. The van der Waals surface area contributed by atoms with E-state index in [1.165, 1.54) is 0 Å². The Bertz CT molecular complexity index is 451. The van der Waals surface area contributed by atoms with Crippen LogP contribution in [0, 0.1) is 0 Å². The Balaban J connectivity index is 0.000000385. The topological polar surface area (TPSA) is 36.9 Å². The minimum Gasteiger partial charge on any atom is -0.523 e. The minimum absolute atomic E-state index is 0.0139. The zero-order valence-corrected chi connectivity index (χ0v) is 17.8. The Labute approximate surface area is 155 Å². The number of benzene rings is 1. The van der Waals surface area contributed by atoms with E-state index in [-0.39, 0.29) is 25.4 Å². The van der Waals surface area contributed by atoms with Gasteiger partial charge in [0.25, 0.3) is 0 Å². The van der Waals surface area contributed by atoms with Crippen LogP contribution in [0.5, 0.6) is 11.5 Å². The number of hydrogen-bond donors (Lipinski definition) is 0. The van der Waals surface area contributed by atoms with Gasteiger partial charge in [0, 0.05) is 0 Å². The summed E-state index contributed by atoms with van der Waals surface area (Å²) in [6, 6.07) is 7.66. The maximum absolute atomic E-state index is 5.69. The minimum atomic E-state index is -0.159. The van der Waals surface area contributed by atoms with Crippen LogP contribution in [0.3, 0.4) is 0 Å². The lowest BCUT2D eigenvalue weighted by Gasteiger charge is -2.32. The third kappa shape index (κ3) is 6.59. The largest absolute Gasteiger partial charge is 0.591 e. The first kappa shape index (κ1) is 23.9. The first-order chi connectivity index (χ1) is 11.7. The molecule has 0 radical (unpaired) electrons. The van der Waals surface area contributed by atoms with Crippen molar-refractivity contribution in [1.82, 2.24) is 0 Å². The van der Waals surface area contributed by atoms with Crippen LogP contribution >= 0.6 is 0 Å². The molecule has 0 unspecified atom stereocenters. The Morgan fingerprint density at radius 3 is 1.44 bits per heavy atom. The molecule has 2 aliphatic rings. The number of rotatable bonds is 1. The van der Waals surface area contributed by atoms with Gasteiger partial charge in [-0.25, -0.2) is 0 Å². The zero-order valence-electron chi connectivity index (χ0n) is 17.8. The molecule has 3 rings (SSSR count). The number of hydrogen-bond acceptors (Lipinski definition) is 4. The maximum Gasteiger partial charge on any atom is 0.591 e. The van der Waals surface area contributed by atoms with Crippen molar-refractivity contribution < 1.29 is 18.6 Å². The van der Waals surface area contributed by atoms with Crippen LogP contribution in [0.25, 0.3) is 0 Å². The van der Waals surface area contributed by atoms with Crippen molar-refractivity contribution in [1.29, 1.82) is 0 Å². The van der Waals surface area contributed by atoms with E-state index >= 15 is 0 Å². The van der Waals surface area contributed by atoms with Crippen LogP contribution in [-0.4, -0.2) is 25.4 Å². The van der Waals surface area contributed by atoms with E-state index in [1.807, 2.05) is 58.8 Å². The zero-order chi connectivity index (χ0) is 19.7. The van der Waals surface area contributed by atoms with Crippen molar-refractivity contribution in [2.75, 3.05) is 0 Å². The molecule has 25 heavy (non-hydrogen) atoms. The monoisotopic (exact) mass is 350 g/mol. The van der Waals surface area contributed by atoms with Gasteiger partial charge in [0.15, 0.2) is 0 Å². The first-order valence-electron chi connectivity index (χ1n) is 9.53. The van der Waals surface area contributed by atoms with Crippen LogP contribution in [0.15, 0.2) is 24.3 Å². The average Bonchev–Trinajstić information content (AvgIpc) is 3.07. The van der Waals surface area contributed by atoms with Crippen molar-refractivity contribution >= 4 is 14.2 Å². The Morgan fingerprint density at radius 2 is 1.16 bits per heavy atom. The van der Waals surface area contributed by atoms with Gasteiger partial charge < -0.3 is 18.6 Å². The van der Waals surface area contributed by atoms with E-state index in [2.05, 4.69) is 34.6 Å². The number of fused-ring (bicyclic) bond motifs is 1. The average molecular weight is 350 g/mol. The molecule has 0 aliphatic carbocycles. The lowest BCUT2D eigenvalue weighted by atomic mass is 9.87. The second-order valence-corrected chi connectivity index (χ2v) is 6.34. The first-order valence-corrected chi connectivity index (χ1v) is 9.53. The summed E-state index contributed by atoms with van der Waals surface area (Å²) in [5.41, 5.74) is -0.318. The predicted molar refractivity (Wildman–Crippen MR) is 109 cm³/mol. The molecule has 2 heterocycles. The highest BCUT2D eigenvalue weighted by Gasteiger charge is 2.49. The molecule has 0 bridgehead atoms. The lowest BCUT2D eigenvalue weighted by Crippen LogP contribution is -2.41. The van der Waals surface area contributed by atoms with E-state index in [4.69, 9.17) is 18.6 Å². The highest BCUT2D eigenvalue weighted by Crippen LogP contribution is 2.37. The summed E-state index contributed by atoms with van der Waals surface area (Å²) in [5, 5.41) is 0. The molecule has 2 aliphatic heterocycles. The van der Waals surface area contributed by atoms with Gasteiger partial charge in [-0.3, -0.25) is 0 Å². The van der Waals surface area contributed by atoms with Gasteiger partial charge in [-0.2, -0.15) is 0 Å². The van der Waals surface area contributed by atoms with Crippen LogP contribution < -0.4 is 9.31 Å². The third-order valence-electron chi connectivity index (χ3n) is 4.07. The molecule has 0 saturated carbocycles. The van der Waals surface area contributed by atoms with Gasteiger partial charge in [0.2, 0.25) is 0 Å². The highest BCUT2D eigenvalue weighted by atomic mass is 16.7. The molecule has 0 spiro atoms. The second kappa shape index (κ2) is 10.8. The van der Waals surface area contributed by atoms with E-state index in [1.54, 1.807) is 0 Å². The fraction of sp³-hybridized carbons (Fsp3) is 0.684. The summed E-state index contributed by atoms with van der Waals surface area (Å²) in [7, 11) is -0.141. The molecule has 4 nitrogen and oxygen atoms in total. The second-order valence-electron chi connectivity index (χ2n) is 6.34. The summed E-state index contributed by atoms with van der Waals surface area (Å²) in [6.07, 6.45) is 0.923. The molecule has 6 heteroatoms. The van der Waals surface area contributed by atoms with Crippen molar-refractivity contribution in [3.8, 4) is 11.5 Å². The van der Waals surface area contributed by atoms with Crippen molar-refractivity contribution in [2.45, 2.75) is 86.7 Å². The lowest BCUT2D eigenvalue weighted by molar-refractivity contribution is 0.00578. The van der Waals surface area contributed by atoms with Crippen molar-refractivity contribution in [3.63, 3.8) is 0 Å². The normalized spacial score (nSPS) is 18.2. The quantitative estimate of drug-likeness (QED) is 0.607. The van der Waals surface area contributed by atoms with Gasteiger partial charge in [-0.15, -0.1) is 0 Å². The summed E-state index contributed by atoms with van der Waals surface area (Å²) in [6.45, 7) is 20.2. The molecule has 0 amide bonds. The van der Waals surface area contributed by atoms with E-state index in [9.17, 15) is 0 Å². The van der Waals surface area contributed by atoms with Crippen molar-refractivity contribution in [2.24, 2.45) is 0 Å². The van der Waals surface area contributed by atoms with Gasteiger partial charge in [-0.05, 0) is 53.0 Å². The third-order valence-corrected chi connectivity index (χ3v) is 4.07. The van der Waals surface area contributed by atoms with Crippen LogP contribution in [0.2, 0.25) is 13.1 Å². The van der Waals surface area contributed by atoms with E-state index in [0.717, 1.165) is 17.8 Å². The number of para-hydroxylation sites is 2. The Kier molecular flexibility index (Phi) is 10.3. The molecule has 1 aromatic rings. The summed E-state index contributed by atoms with van der Waals surface area (Å²) in [4.78, 5) is 0. The molecule has 1 saturated heterocycles. The molecule has 0 atom stereocenters. The Morgan fingerprint density at radius 1 is 0.800 bits per heavy atom. The molecule has 142 valence electrons.